The van der Waals surface area contributed by atoms with Crippen LogP contribution in [0.5, 0.6) is 0 Å². The van der Waals surface area contributed by atoms with Gasteiger partial charge in [0.05, 0.1) is 6.54 Å². The van der Waals surface area contributed by atoms with Crippen LogP contribution in [0.2, 0.25) is 0 Å². The van der Waals surface area contributed by atoms with Crippen molar-refractivity contribution in [3.63, 3.8) is 0 Å². The van der Waals surface area contributed by atoms with E-state index in [1.165, 1.54) is 9.13 Å². The Balaban J connectivity index is 2.58. The summed E-state index contributed by atoms with van der Waals surface area (Å²) in [5.74, 6) is -0.276. The molecule has 0 radical (unpaired) electrons. The lowest BCUT2D eigenvalue weighted by Gasteiger charge is -2.18. The van der Waals surface area contributed by atoms with Crippen LogP contribution in [-0.2, 0) is 11.3 Å². The monoisotopic (exact) mass is 318 g/mol. The number of hydrogen-bond acceptors (Lipinski definition) is 2. The molecule has 1 aromatic rings. The van der Waals surface area contributed by atoms with Gasteiger partial charge in [0.1, 0.15) is 0 Å². The van der Waals surface area contributed by atoms with Crippen molar-refractivity contribution in [2.75, 3.05) is 13.1 Å². The average Bonchev–Trinajstić information content (AvgIpc) is 2.19. The first-order valence-electron chi connectivity index (χ1n) is 4.87. The molecule has 3 nitrogen and oxygen atoms in total. The molecule has 0 aromatic heterocycles. The largest absolute Gasteiger partial charge is 0.369 e. The van der Waals surface area contributed by atoms with Gasteiger partial charge in [-0.3, -0.25) is 9.69 Å². The van der Waals surface area contributed by atoms with Gasteiger partial charge in [0.15, 0.2) is 0 Å². The molecule has 0 bridgehead atoms. The summed E-state index contributed by atoms with van der Waals surface area (Å²) >= 11 is 2.27. The zero-order valence-electron chi connectivity index (χ0n) is 8.74. The molecule has 1 amide bonds. The van der Waals surface area contributed by atoms with Crippen LogP contribution in [-0.4, -0.2) is 23.9 Å². The van der Waals surface area contributed by atoms with E-state index in [-0.39, 0.29) is 5.91 Å². The number of hydrogen-bond donors (Lipinski definition) is 1. The Morgan fingerprint density at radius 3 is 2.47 bits per heavy atom. The van der Waals surface area contributed by atoms with Crippen molar-refractivity contribution in [3.8, 4) is 0 Å². The fraction of sp³-hybridized carbons (Fsp3) is 0.364. The highest BCUT2D eigenvalue weighted by atomic mass is 127. The predicted molar refractivity (Wildman–Crippen MR) is 69.3 cm³/mol. The van der Waals surface area contributed by atoms with Gasteiger partial charge < -0.3 is 5.73 Å². The van der Waals surface area contributed by atoms with Crippen molar-refractivity contribution >= 4 is 28.5 Å². The molecule has 0 heterocycles. The minimum atomic E-state index is -0.276. The van der Waals surface area contributed by atoms with E-state index in [2.05, 4.69) is 46.9 Å². The average molecular weight is 318 g/mol. The molecule has 15 heavy (non-hydrogen) atoms. The maximum Gasteiger partial charge on any atom is 0.231 e. The first-order valence-corrected chi connectivity index (χ1v) is 5.94. The lowest BCUT2D eigenvalue weighted by atomic mass is 10.2. The second-order valence-electron chi connectivity index (χ2n) is 3.40. The molecule has 0 atom stereocenters. The van der Waals surface area contributed by atoms with Gasteiger partial charge in [0, 0.05) is 10.1 Å². The van der Waals surface area contributed by atoms with E-state index in [9.17, 15) is 4.79 Å². The summed E-state index contributed by atoms with van der Waals surface area (Å²) in [5, 5.41) is 0. The number of nitrogens with two attached hydrogens (primary N) is 1. The van der Waals surface area contributed by atoms with E-state index < -0.39 is 0 Å². The van der Waals surface area contributed by atoms with E-state index in [0.29, 0.717) is 6.54 Å². The van der Waals surface area contributed by atoms with Crippen LogP contribution < -0.4 is 5.73 Å². The third kappa shape index (κ3) is 4.61. The van der Waals surface area contributed by atoms with Crippen molar-refractivity contribution in [2.45, 2.75) is 13.5 Å². The zero-order chi connectivity index (χ0) is 11.3. The third-order valence-corrected chi connectivity index (χ3v) is 2.87. The number of nitrogens with zero attached hydrogens (tertiary/aromatic N) is 1. The summed E-state index contributed by atoms with van der Waals surface area (Å²) in [6.07, 6.45) is 0. The Morgan fingerprint density at radius 2 is 2.00 bits per heavy atom. The number of likely N-dealkylation sites (N-methyl/N-ethyl adjacent to an activating group) is 1. The van der Waals surface area contributed by atoms with Gasteiger partial charge in [-0.25, -0.2) is 0 Å². The molecular formula is C11H15IN2O. The number of carbonyl (C=O) groups is 1. The molecule has 0 spiro atoms. The topological polar surface area (TPSA) is 46.3 Å². The van der Waals surface area contributed by atoms with Crippen LogP contribution in [0.25, 0.3) is 0 Å². The summed E-state index contributed by atoms with van der Waals surface area (Å²) in [4.78, 5) is 12.8. The highest BCUT2D eigenvalue weighted by Gasteiger charge is 2.06. The molecule has 82 valence electrons. The number of halogens is 1. The van der Waals surface area contributed by atoms with Crippen LogP contribution >= 0.6 is 22.6 Å². The summed E-state index contributed by atoms with van der Waals surface area (Å²) in [7, 11) is 0. The van der Waals surface area contributed by atoms with E-state index in [4.69, 9.17) is 5.73 Å². The van der Waals surface area contributed by atoms with Crippen molar-refractivity contribution < 1.29 is 4.79 Å². The van der Waals surface area contributed by atoms with E-state index >= 15 is 0 Å². The van der Waals surface area contributed by atoms with Crippen molar-refractivity contribution in [1.82, 2.24) is 4.90 Å². The molecule has 0 saturated carbocycles. The Labute approximate surface area is 104 Å². The fourth-order valence-corrected chi connectivity index (χ4v) is 1.71. The fourth-order valence-electron chi connectivity index (χ4n) is 1.35. The zero-order valence-corrected chi connectivity index (χ0v) is 10.9. The smallest absolute Gasteiger partial charge is 0.231 e. The highest BCUT2D eigenvalue weighted by molar-refractivity contribution is 14.1. The van der Waals surface area contributed by atoms with Crippen molar-refractivity contribution in [2.24, 2.45) is 5.73 Å². The Hall–Kier alpha value is -0.620. The normalized spacial score (nSPS) is 10.6. The number of benzene rings is 1. The Morgan fingerprint density at radius 1 is 1.40 bits per heavy atom. The molecule has 1 aromatic carbocycles. The summed E-state index contributed by atoms with van der Waals surface area (Å²) in [6, 6.07) is 8.28. The molecule has 0 saturated heterocycles. The van der Waals surface area contributed by atoms with Crippen LogP contribution in [0, 0.1) is 3.57 Å². The first-order chi connectivity index (χ1) is 7.11. The van der Waals surface area contributed by atoms with Gasteiger partial charge in [0.25, 0.3) is 0 Å². The van der Waals surface area contributed by atoms with Crippen LogP contribution in [0.4, 0.5) is 0 Å². The maximum absolute atomic E-state index is 10.8. The van der Waals surface area contributed by atoms with Crippen LogP contribution in [0.1, 0.15) is 12.5 Å². The molecule has 0 unspecified atom stereocenters. The quantitative estimate of drug-likeness (QED) is 0.838. The van der Waals surface area contributed by atoms with Crippen molar-refractivity contribution in [1.29, 1.82) is 0 Å². The number of carbonyl (C=O) groups excluding carboxylic acids is 1. The standard InChI is InChI=1S/C11H15IN2O/c1-2-14(8-11(13)15)7-9-3-5-10(12)6-4-9/h3-6H,2,7-8H2,1H3,(H2,13,15). The van der Waals surface area contributed by atoms with E-state index in [1.807, 2.05) is 11.8 Å². The van der Waals surface area contributed by atoms with Crippen LogP contribution in [0.15, 0.2) is 24.3 Å². The number of amides is 1. The van der Waals surface area contributed by atoms with Gasteiger partial charge in [-0.2, -0.15) is 0 Å². The number of rotatable bonds is 5. The molecule has 0 aliphatic carbocycles. The van der Waals surface area contributed by atoms with Gasteiger partial charge in [0.2, 0.25) is 5.91 Å². The van der Waals surface area contributed by atoms with E-state index in [0.717, 1.165) is 13.1 Å². The third-order valence-electron chi connectivity index (χ3n) is 2.15. The Bertz CT molecular complexity index is 324. The van der Waals surface area contributed by atoms with Gasteiger partial charge in [-0.05, 0) is 46.8 Å². The Kier molecular flexibility index (Phi) is 5.04. The summed E-state index contributed by atoms with van der Waals surface area (Å²) in [6.45, 7) is 3.95. The summed E-state index contributed by atoms with van der Waals surface area (Å²) < 4.78 is 1.22. The van der Waals surface area contributed by atoms with Crippen LogP contribution in [0.3, 0.4) is 0 Å². The highest BCUT2D eigenvalue weighted by Crippen LogP contribution is 2.08. The molecule has 0 fully saturated rings. The second kappa shape index (κ2) is 6.07. The lowest BCUT2D eigenvalue weighted by molar-refractivity contribution is -0.119. The molecule has 0 aliphatic rings. The van der Waals surface area contributed by atoms with Gasteiger partial charge >= 0.3 is 0 Å². The lowest BCUT2D eigenvalue weighted by Crippen LogP contribution is -2.33. The van der Waals surface area contributed by atoms with Gasteiger partial charge in [-0.15, -0.1) is 0 Å². The molecule has 4 heteroatoms. The molecule has 2 N–H and O–H groups in total. The minimum absolute atomic E-state index is 0.276. The maximum atomic E-state index is 10.8. The van der Waals surface area contributed by atoms with Gasteiger partial charge in [-0.1, -0.05) is 19.1 Å². The second-order valence-corrected chi connectivity index (χ2v) is 4.64. The SMILES string of the molecule is CCN(CC(N)=O)Cc1ccc(I)cc1. The first kappa shape index (κ1) is 12.4. The molecular weight excluding hydrogens is 303 g/mol. The minimum Gasteiger partial charge on any atom is -0.369 e. The summed E-state index contributed by atoms with van der Waals surface area (Å²) in [5.41, 5.74) is 6.37. The molecule has 1 rings (SSSR count). The molecule has 0 aliphatic heterocycles. The number of primary amides is 1. The van der Waals surface area contributed by atoms with E-state index in [1.54, 1.807) is 0 Å². The predicted octanol–water partition coefficient (Wildman–Crippen LogP) is 1.60. The van der Waals surface area contributed by atoms with Crippen molar-refractivity contribution in [3.05, 3.63) is 33.4 Å².